The van der Waals surface area contributed by atoms with Gasteiger partial charge < -0.3 is 15.1 Å². The van der Waals surface area contributed by atoms with Crippen molar-refractivity contribution in [2.75, 3.05) is 37.6 Å². The molecular formula is C25H34FN7O. The zero-order valence-electron chi connectivity index (χ0n) is 20.3. The van der Waals surface area contributed by atoms with Crippen molar-refractivity contribution in [2.24, 2.45) is 0 Å². The Hall–Kier alpha value is -3.23. The van der Waals surface area contributed by atoms with Crippen LogP contribution in [0.4, 0.5) is 15.0 Å². The highest BCUT2D eigenvalue weighted by atomic mass is 19.1. The molecule has 0 unspecified atom stereocenters. The van der Waals surface area contributed by atoms with E-state index in [0.717, 1.165) is 79.3 Å². The van der Waals surface area contributed by atoms with E-state index in [4.69, 9.17) is 15.1 Å². The quantitative estimate of drug-likeness (QED) is 0.526. The number of amides is 2. The molecule has 0 spiro atoms. The minimum atomic E-state index is -0.285. The Labute approximate surface area is 200 Å². The van der Waals surface area contributed by atoms with Crippen molar-refractivity contribution in [1.29, 1.82) is 0 Å². The van der Waals surface area contributed by atoms with Gasteiger partial charge >= 0.3 is 6.03 Å². The Balaban J connectivity index is 1.66. The molecule has 8 nitrogen and oxygen atoms in total. The summed E-state index contributed by atoms with van der Waals surface area (Å²) in [6.07, 6.45) is 4.60. The van der Waals surface area contributed by atoms with Crippen LogP contribution in [-0.2, 0) is 6.42 Å². The number of benzene rings is 1. The highest BCUT2D eigenvalue weighted by Gasteiger charge is 2.25. The van der Waals surface area contributed by atoms with Crippen molar-refractivity contribution < 1.29 is 9.18 Å². The van der Waals surface area contributed by atoms with Gasteiger partial charge in [-0.05, 0) is 50.5 Å². The summed E-state index contributed by atoms with van der Waals surface area (Å²) in [5.74, 6) is 1.35. The summed E-state index contributed by atoms with van der Waals surface area (Å²) in [6.45, 7) is 9.75. The van der Waals surface area contributed by atoms with Crippen LogP contribution in [0.1, 0.15) is 51.0 Å². The van der Waals surface area contributed by atoms with Gasteiger partial charge in [0.25, 0.3) is 0 Å². The number of anilines is 1. The van der Waals surface area contributed by atoms with E-state index >= 15 is 0 Å². The normalized spacial score (nSPS) is 14.5. The van der Waals surface area contributed by atoms with Crippen molar-refractivity contribution in [1.82, 2.24) is 30.0 Å². The smallest absolute Gasteiger partial charge is 0.317 e. The monoisotopic (exact) mass is 467 g/mol. The Morgan fingerprint density at radius 2 is 1.85 bits per heavy atom. The number of aryl methyl sites for hydroxylation is 2. The van der Waals surface area contributed by atoms with Gasteiger partial charge in [-0.3, -0.25) is 0 Å². The highest BCUT2D eigenvalue weighted by Crippen LogP contribution is 2.30. The predicted octanol–water partition coefficient (Wildman–Crippen LogP) is 4.24. The van der Waals surface area contributed by atoms with E-state index in [0.29, 0.717) is 19.6 Å². The van der Waals surface area contributed by atoms with E-state index in [9.17, 15) is 9.18 Å². The second-order valence-electron chi connectivity index (χ2n) is 8.80. The van der Waals surface area contributed by atoms with Crippen LogP contribution in [0.15, 0.2) is 24.3 Å². The van der Waals surface area contributed by atoms with Gasteiger partial charge in [0.2, 0.25) is 0 Å². The molecule has 182 valence electrons. The first kappa shape index (κ1) is 23.9. The van der Waals surface area contributed by atoms with E-state index in [1.807, 2.05) is 11.8 Å². The molecule has 3 aromatic rings. The molecule has 3 heterocycles. The molecule has 1 fully saturated rings. The number of carbonyl (C=O) groups excluding carboxylic acids is 1. The van der Waals surface area contributed by atoms with Gasteiger partial charge in [0.1, 0.15) is 17.5 Å². The molecule has 34 heavy (non-hydrogen) atoms. The number of urea groups is 1. The molecule has 0 radical (unpaired) electrons. The molecule has 4 rings (SSSR count). The largest absolute Gasteiger partial charge is 0.354 e. The Bertz CT molecular complexity index is 1130. The van der Waals surface area contributed by atoms with Crippen molar-refractivity contribution >= 4 is 22.9 Å². The summed E-state index contributed by atoms with van der Waals surface area (Å²) >= 11 is 0. The van der Waals surface area contributed by atoms with Crippen LogP contribution in [0.25, 0.3) is 16.7 Å². The second kappa shape index (κ2) is 10.8. The van der Waals surface area contributed by atoms with Gasteiger partial charge in [0.15, 0.2) is 5.65 Å². The molecule has 1 saturated heterocycles. The van der Waals surface area contributed by atoms with E-state index in [1.165, 1.54) is 12.1 Å². The zero-order valence-corrected chi connectivity index (χ0v) is 20.3. The maximum atomic E-state index is 13.5. The summed E-state index contributed by atoms with van der Waals surface area (Å²) in [7, 11) is 0. The number of halogens is 1. The molecule has 0 atom stereocenters. The number of unbranched alkanes of at least 4 members (excludes halogenated alkanes) is 1. The minimum Gasteiger partial charge on any atom is -0.354 e. The molecule has 1 aliphatic rings. The lowest BCUT2D eigenvalue weighted by molar-refractivity contribution is 0.201. The predicted molar refractivity (Wildman–Crippen MR) is 132 cm³/mol. The Morgan fingerprint density at radius 3 is 2.59 bits per heavy atom. The number of rotatable bonds is 7. The third kappa shape index (κ3) is 5.13. The van der Waals surface area contributed by atoms with Gasteiger partial charge in [0, 0.05) is 39.1 Å². The van der Waals surface area contributed by atoms with Gasteiger partial charge in [0.05, 0.1) is 16.8 Å². The topological polar surface area (TPSA) is 79.2 Å². The van der Waals surface area contributed by atoms with Crippen LogP contribution in [0.3, 0.4) is 0 Å². The average molecular weight is 468 g/mol. The van der Waals surface area contributed by atoms with E-state index in [1.54, 1.807) is 16.8 Å². The van der Waals surface area contributed by atoms with E-state index in [-0.39, 0.29) is 11.8 Å². The molecule has 1 aromatic carbocycles. The van der Waals surface area contributed by atoms with Crippen LogP contribution >= 0.6 is 0 Å². The lowest BCUT2D eigenvalue weighted by Gasteiger charge is -2.24. The summed E-state index contributed by atoms with van der Waals surface area (Å²) in [6, 6.07) is 6.30. The maximum absolute atomic E-state index is 13.5. The molecule has 1 aliphatic heterocycles. The molecule has 2 aromatic heterocycles. The van der Waals surface area contributed by atoms with Crippen LogP contribution < -0.4 is 10.2 Å². The lowest BCUT2D eigenvalue weighted by atomic mass is 10.2. The summed E-state index contributed by atoms with van der Waals surface area (Å²) < 4.78 is 15.3. The number of aromatic nitrogens is 4. The molecule has 0 bridgehead atoms. The molecule has 1 N–H and O–H groups in total. The second-order valence-corrected chi connectivity index (χ2v) is 8.80. The van der Waals surface area contributed by atoms with E-state index < -0.39 is 0 Å². The third-order valence-corrected chi connectivity index (χ3v) is 6.16. The van der Waals surface area contributed by atoms with Crippen LogP contribution in [0, 0.1) is 12.7 Å². The van der Waals surface area contributed by atoms with Crippen molar-refractivity contribution in [3.8, 4) is 5.69 Å². The number of fused-ring (bicyclic) bond motifs is 1. The summed E-state index contributed by atoms with van der Waals surface area (Å²) in [5.41, 5.74) is 2.32. The fraction of sp³-hybridized carbons (Fsp3) is 0.520. The first-order valence-corrected chi connectivity index (χ1v) is 12.3. The van der Waals surface area contributed by atoms with Gasteiger partial charge in [-0.2, -0.15) is 5.10 Å². The Kier molecular flexibility index (Phi) is 7.59. The van der Waals surface area contributed by atoms with Gasteiger partial charge in [-0.1, -0.05) is 20.3 Å². The minimum absolute atomic E-state index is 0.00937. The maximum Gasteiger partial charge on any atom is 0.317 e. The van der Waals surface area contributed by atoms with Crippen LogP contribution in [-0.4, -0.2) is 63.4 Å². The number of nitrogens with one attached hydrogen (secondary N) is 1. The lowest BCUT2D eigenvalue weighted by Crippen LogP contribution is -2.42. The zero-order chi connectivity index (χ0) is 24.1. The van der Waals surface area contributed by atoms with Gasteiger partial charge in [-0.25, -0.2) is 23.8 Å². The van der Waals surface area contributed by atoms with Crippen molar-refractivity contribution in [3.63, 3.8) is 0 Å². The first-order valence-electron chi connectivity index (χ1n) is 12.3. The number of hydrogen-bond acceptors (Lipinski definition) is 5. The summed E-state index contributed by atoms with van der Waals surface area (Å²) in [5, 5.41) is 8.68. The van der Waals surface area contributed by atoms with Crippen molar-refractivity contribution in [2.45, 2.75) is 52.9 Å². The third-order valence-electron chi connectivity index (χ3n) is 6.16. The first-order chi connectivity index (χ1) is 16.5. The SMILES string of the molecule is CCCCNC(=O)N1CCCN(c2nc(CCC)nc3c2c(C)nn3-c2ccc(F)cc2)CC1. The molecule has 2 amide bonds. The number of hydrogen-bond donors (Lipinski definition) is 1. The average Bonchev–Trinajstić information content (AvgIpc) is 3.00. The van der Waals surface area contributed by atoms with Crippen LogP contribution in [0.2, 0.25) is 0 Å². The van der Waals surface area contributed by atoms with E-state index in [2.05, 4.69) is 24.1 Å². The fourth-order valence-electron chi connectivity index (χ4n) is 4.35. The molecule has 0 aliphatic carbocycles. The standard InChI is InChI=1S/C25H34FN7O/c1-4-6-13-27-25(34)32-15-7-14-31(16-17-32)23-22-18(3)30-33(20-11-9-19(26)10-12-20)24(22)29-21(28-23)8-5-2/h9-12H,4-8,13-17H2,1-3H3,(H,27,34). The molecule has 9 heteroatoms. The fourth-order valence-corrected chi connectivity index (χ4v) is 4.35. The van der Waals surface area contributed by atoms with Crippen LogP contribution in [0.5, 0.6) is 0 Å². The van der Waals surface area contributed by atoms with Gasteiger partial charge in [-0.15, -0.1) is 0 Å². The summed E-state index contributed by atoms with van der Waals surface area (Å²) in [4.78, 5) is 26.5. The molecular weight excluding hydrogens is 433 g/mol. The molecule has 0 saturated carbocycles. The number of nitrogens with zero attached hydrogens (tertiary/aromatic N) is 6. The number of carbonyl (C=O) groups is 1. The van der Waals surface area contributed by atoms with Crippen molar-refractivity contribution in [3.05, 3.63) is 41.6 Å². The highest BCUT2D eigenvalue weighted by molar-refractivity contribution is 5.91. The Morgan fingerprint density at radius 1 is 1.06 bits per heavy atom.